The molecule has 0 nitrogen and oxygen atoms in total. The van der Waals surface area contributed by atoms with Gasteiger partial charge in [-0.15, -0.1) is 21.0 Å². The minimum absolute atomic E-state index is 0. The van der Waals surface area contributed by atoms with Gasteiger partial charge in [0.05, 0.1) is 0 Å². The molecule has 0 radical (unpaired) electrons. The molecule has 0 aliphatic carbocycles. The third-order valence-corrected chi connectivity index (χ3v) is 5.81. The van der Waals surface area contributed by atoms with Crippen molar-refractivity contribution >= 4 is 21.0 Å². The van der Waals surface area contributed by atoms with Gasteiger partial charge in [-0.2, -0.15) is 0 Å². The fraction of sp³-hybridized carbons (Fsp3) is 0.400. The average Bonchev–Trinajstić information content (AvgIpc) is 2.49. The zero-order chi connectivity index (χ0) is 14.9. The summed E-state index contributed by atoms with van der Waals surface area (Å²) in [7, 11) is 1.10. The van der Waals surface area contributed by atoms with Gasteiger partial charge in [0, 0.05) is 0 Å². The van der Waals surface area contributed by atoms with E-state index in [2.05, 4.69) is 74.5 Å². The fourth-order valence-electron chi connectivity index (χ4n) is 2.75. The minimum Gasteiger partial charge on any atom is -0.147 e. The van der Waals surface area contributed by atoms with Crippen LogP contribution < -0.4 is 0 Å². The summed E-state index contributed by atoms with van der Waals surface area (Å²) in [5, 5.41) is 0. The van der Waals surface area contributed by atoms with Crippen LogP contribution in [0.1, 0.15) is 25.0 Å². The normalized spacial score (nSPS) is 13.7. The number of hydrogen-bond donors (Lipinski definition) is 0. The zero-order valence-electron chi connectivity index (χ0n) is 13.7. The molecule has 0 saturated carbocycles. The first-order valence-corrected chi connectivity index (χ1v) is 9.44. The van der Waals surface area contributed by atoms with E-state index in [-0.39, 0.29) is 12.4 Å². The van der Waals surface area contributed by atoms with Gasteiger partial charge in [-0.05, 0) is 48.1 Å². The SMILES string of the molecule is CC(CPCC(C)Cc1ccccc1)Cc1ccccc1.Cl. The maximum atomic E-state index is 2.39. The lowest BCUT2D eigenvalue weighted by Gasteiger charge is -2.15. The summed E-state index contributed by atoms with van der Waals surface area (Å²) < 4.78 is 0. The Bertz CT molecular complexity index is 450. The van der Waals surface area contributed by atoms with Crippen molar-refractivity contribution in [2.75, 3.05) is 12.3 Å². The predicted molar refractivity (Wildman–Crippen MR) is 104 cm³/mol. The molecule has 0 N–H and O–H groups in total. The molecule has 0 amide bonds. The first-order valence-electron chi connectivity index (χ1n) is 8.02. The van der Waals surface area contributed by atoms with Crippen LogP contribution in [0.15, 0.2) is 60.7 Å². The highest BCUT2D eigenvalue weighted by atomic mass is 35.5. The number of rotatable bonds is 8. The Hall–Kier alpha value is -0.840. The van der Waals surface area contributed by atoms with Gasteiger partial charge in [-0.25, -0.2) is 0 Å². The Morgan fingerprint density at radius 1 is 0.682 bits per heavy atom. The highest BCUT2D eigenvalue weighted by molar-refractivity contribution is 7.38. The molecule has 0 bridgehead atoms. The van der Waals surface area contributed by atoms with Gasteiger partial charge in [0.15, 0.2) is 0 Å². The zero-order valence-corrected chi connectivity index (χ0v) is 15.5. The summed E-state index contributed by atoms with van der Waals surface area (Å²) in [6.45, 7) is 4.78. The van der Waals surface area contributed by atoms with Crippen molar-refractivity contribution in [1.82, 2.24) is 0 Å². The monoisotopic (exact) mass is 334 g/mol. The topological polar surface area (TPSA) is 0 Å². The van der Waals surface area contributed by atoms with E-state index in [1.54, 1.807) is 0 Å². The van der Waals surface area contributed by atoms with E-state index in [9.17, 15) is 0 Å². The summed E-state index contributed by atoms with van der Waals surface area (Å²) in [6.07, 6.45) is 5.18. The second-order valence-corrected chi connectivity index (χ2v) is 7.56. The van der Waals surface area contributed by atoms with Gasteiger partial charge < -0.3 is 0 Å². The molecule has 0 aliphatic heterocycles. The minimum atomic E-state index is 0. The van der Waals surface area contributed by atoms with Crippen LogP contribution >= 0.6 is 21.0 Å². The van der Waals surface area contributed by atoms with Crippen molar-refractivity contribution in [1.29, 1.82) is 0 Å². The molecule has 22 heavy (non-hydrogen) atoms. The Labute approximate surface area is 143 Å². The van der Waals surface area contributed by atoms with Gasteiger partial charge in [0.2, 0.25) is 0 Å². The van der Waals surface area contributed by atoms with E-state index in [1.807, 2.05) is 0 Å². The van der Waals surface area contributed by atoms with Gasteiger partial charge in [0.1, 0.15) is 0 Å². The molecule has 0 fully saturated rings. The van der Waals surface area contributed by atoms with Crippen molar-refractivity contribution in [3.63, 3.8) is 0 Å². The van der Waals surface area contributed by atoms with Crippen LogP contribution in [0.4, 0.5) is 0 Å². The third kappa shape index (κ3) is 7.43. The summed E-state index contributed by atoms with van der Waals surface area (Å²) in [4.78, 5) is 0. The highest BCUT2D eigenvalue weighted by Gasteiger charge is 2.07. The van der Waals surface area contributed by atoms with Crippen molar-refractivity contribution in [2.45, 2.75) is 26.7 Å². The third-order valence-electron chi connectivity index (χ3n) is 3.84. The van der Waals surface area contributed by atoms with Crippen LogP contribution in [0.5, 0.6) is 0 Å². The van der Waals surface area contributed by atoms with E-state index in [0.717, 1.165) is 20.4 Å². The standard InChI is InChI=1S/C20H27P.ClH/c1-17(13-19-9-5-3-6-10-19)15-21-16-18(2)14-20-11-7-4-8-12-20;/h3-12,17-18,21H,13-16H2,1-2H3;1H. The number of benzene rings is 2. The Morgan fingerprint density at radius 3 is 1.41 bits per heavy atom. The van der Waals surface area contributed by atoms with Gasteiger partial charge in [-0.3, -0.25) is 0 Å². The lowest BCUT2D eigenvalue weighted by Crippen LogP contribution is -2.06. The summed E-state index contributed by atoms with van der Waals surface area (Å²) in [5.74, 6) is 1.60. The maximum Gasteiger partial charge on any atom is -0.0250 e. The van der Waals surface area contributed by atoms with E-state index >= 15 is 0 Å². The van der Waals surface area contributed by atoms with Crippen LogP contribution in [-0.2, 0) is 12.8 Å². The Kier molecular flexibility index (Phi) is 9.44. The van der Waals surface area contributed by atoms with E-state index in [1.165, 1.54) is 36.3 Å². The van der Waals surface area contributed by atoms with Crippen LogP contribution in [0.2, 0.25) is 0 Å². The van der Waals surface area contributed by atoms with Crippen molar-refractivity contribution in [3.8, 4) is 0 Å². The van der Waals surface area contributed by atoms with Crippen LogP contribution in [0.25, 0.3) is 0 Å². The van der Waals surface area contributed by atoms with Crippen molar-refractivity contribution in [2.24, 2.45) is 11.8 Å². The smallest absolute Gasteiger partial charge is 0.0250 e. The van der Waals surface area contributed by atoms with E-state index in [4.69, 9.17) is 0 Å². The molecule has 2 aromatic rings. The van der Waals surface area contributed by atoms with E-state index in [0.29, 0.717) is 0 Å². The molecule has 120 valence electrons. The molecule has 2 aromatic carbocycles. The van der Waals surface area contributed by atoms with Crippen LogP contribution in [0, 0.1) is 11.8 Å². The first kappa shape index (κ1) is 19.2. The predicted octanol–water partition coefficient (Wildman–Crippen LogP) is 5.84. The molecule has 0 aromatic heterocycles. The molecule has 0 saturated heterocycles. The van der Waals surface area contributed by atoms with Gasteiger partial charge in [-0.1, -0.05) is 74.5 Å². The molecule has 2 heteroatoms. The largest absolute Gasteiger partial charge is 0.147 e. The lowest BCUT2D eigenvalue weighted by atomic mass is 10.0. The van der Waals surface area contributed by atoms with Crippen molar-refractivity contribution in [3.05, 3.63) is 71.8 Å². The fourth-order valence-corrected chi connectivity index (χ4v) is 4.19. The molecule has 2 unspecified atom stereocenters. The first-order chi connectivity index (χ1) is 10.2. The lowest BCUT2D eigenvalue weighted by molar-refractivity contribution is 0.638. The number of halogens is 1. The molecule has 2 rings (SSSR count). The highest BCUT2D eigenvalue weighted by Crippen LogP contribution is 2.23. The van der Waals surface area contributed by atoms with Gasteiger partial charge >= 0.3 is 0 Å². The van der Waals surface area contributed by atoms with Crippen molar-refractivity contribution < 1.29 is 0 Å². The second-order valence-electron chi connectivity index (χ2n) is 6.25. The van der Waals surface area contributed by atoms with E-state index < -0.39 is 0 Å². The quantitative estimate of drug-likeness (QED) is 0.532. The summed E-state index contributed by atoms with van der Waals surface area (Å²) in [5.41, 5.74) is 2.96. The molecular weight excluding hydrogens is 307 g/mol. The number of hydrogen-bond acceptors (Lipinski definition) is 0. The van der Waals surface area contributed by atoms with Gasteiger partial charge in [0.25, 0.3) is 0 Å². The molecular formula is C20H28ClP. The molecule has 0 spiro atoms. The maximum absolute atomic E-state index is 2.39. The molecule has 0 heterocycles. The summed E-state index contributed by atoms with van der Waals surface area (Å²) >= 11 is 0. The average molecular weight is 335 g/mol. The second kappa shape index (κ2) is 10.8. The molecule has 2 atom stereocenters. The Morgan fingerprint density at radius 2 is 1.05 bits per heavy atom. The molecule has 0 aliphatic rings. The van der Waals surface area contributed by atoms with Crippen LogP contribution in [-0.4, -0.2) is 12.3 Å². The summed E-state index contributed by atoms with van der Waals surface area (Å²) in [6, 6.07) is 21.8. The van der Waals surface area contributed by atoms with Crippen LogP contribution in [0.3, 0.4) is 0 Å². The Balaban J connectivity index is 0.00000242.